The maximum atomic E-state index is 13.2. The lowest BCUT2D eigenvalue weighted by atomic mass is 10.1. The number of piperazine rings is 1. The van der Waals surface area contributed by atoms with Crippen LogP contribution < -0.4 is 0 Å². The van der Waals surface area contributed by atoms with Crippen LogP contribution in [0.4, 0.5) is 0 Å². The molecule has 0 aliphatic carbocycles. The summed E-state index contributed by atoms with van der Waals surface area (Å²) < 4.78 is 2.17. The quantitative estimate of drug-likeness (QED) is 0.620. The number of pyridine rings is 1. The summed E-state index contributed by atoms with van der Waals surface area (Å²) in [5.74, 6) is 0.123. The first-order valence-electron chi connectivity index (χ1n) is 10.3. The van der Waals surface area contributed by atoms with Crippen LogP contribution in [0.3, 0.4) is 0 Å². The Bertz CT molecular complexity index is 1020. The average Bonchev–Trinajstić information content (AvgIpc) is 3.03. The zero-order valence-electron chi connectivity index (χ0n) is 17.5. The minimum atomic E-state index is 0.123. The molecule has 5 nitrogen and oxygen atoms in total. The molecule has 1 amide bonds. The average molecular weight is 423 g/mol. The second kappa shape index (κ2) is 9.02. The summed E-state index contributed by atoms with van der Waals surface area (Å²) in [5.41, 5.74) is 5.09. The first-order valence-corrected chi connectivity index (χ1v) is 10.7. The minimum Gasteiger partial charge on any atom is -0.342 e. The summed E-state index contributed by atoms with van der Waals surface area (Å²) >= 11 is 6.10. The Morgan fingerprint density at radius 2 is 1.80 bits per heavy atom. The van der Waals surface area contributed by atoms with Crippen molar-refractivity contribution in [1.82, 2.24) is 19.4 Å². The van der Waals surface area contributed by atoms with E-state index in [1.54, 1.807) is 6.20 Å². The molecule has 2 aromatic heterocycles. The lowest BCUT2D eigenvalue weighted by molar-refractivity contribution is 0.0627. The third-order valence-electron chi connectivity index (χ3n) is 5.81. The highest BCUT2D eigenvalue weighted by Crippen LogP contribution is 2.20. The smallest absolute Gasteiger partial charge is 0.255 e. The topological polar surface area (TPSA) is 41.4 Å². The first-order chi connectivity index (χ1) is 14.5. The van der Waals surface area contributed by atoms with Gasteiger partial charge in [0.1, 0.15) is 0 Å². The fourth-order valence-corrected chi connectivity index (χ4v) is 4.30. The molecule has 0 unspecified atom stereocenters. The van der Waals surface area contributed by atoms with Crippen molar-refractivity contribution >= 4 is 17.5 Å². The summed E-state index contributed by atoms with van der Waals surface area (Å²) in [6.45, 7) is 8.83. The minimum absolute atomic E-state index is 0.123. The van der Waals surface area contributed by atoms with Crippen LogP contribution in [0.15, 0.2) is 54.7 Å². The number of aryl methyl sites for hydroxylation is 1. The van der Waals surface area contributed by atoms with Crippen molar-refractivity contribution in [3.8, 4) is 0 Å². The van der Waals surface area contributed by atoms with E-state index in [0.717, 1.165) is 60.4 Å². The number of carbonyl (C=O) groups is 1. The van der Waals surface area contributed by atoms with Crippen molar-refractivity contribution in [2.75, 3.05) is 26.2 Å². The standard InChI is InChI=1S/C24H27ClN4O/c1-18-14-23(19(2)29(18)17-22-8-3-4-9-26-22)24(30)28-12-10-27(11-13-28)16-20-6-5-7-21(25)15-20/h3-9,14-15H,10-13,16-17H2,1-2H3. The first kappa shape index (κ1) is 20.6. The van der Waals surface area contributed by atoms with Gasteiger partial charge < -0.3 is 9.47 Å². The highest BCUT2D eigenvalue weighted by molar-refractivity contribution is 6.30. The molecule has 1 aromatic carbocycles. The van der Waals surface area contributed by atoms with Crippen LogP contribution in [0, 0.1) is 13.8 Å². The van der Waals surface area contributed by atoms with Crippen LogP contribution in [0.5, 0.6) is 0 Å². The fourth-order valence-electron chi connectivity index (χ4n) is 4.09. The van der Waals surface area contributed by atoms with Gasteiger partial charge in [-0.3, -0.25) is 14.7 Å². The molecule has 0 saturated carbocycles. The van der Waals surface area contributed by atoms with E-state index in [9.17, 15) is 4.79 Å². The van der Waals surface area contributed by atoms with Gasteiger partial charge in [-0.15, -0.1) is 0 Å². The number of nitrogens with zero attached hydrogens (tertiary/aromatic N) is 4. The van der Waals surface area contributed by atoms with Crippen molar-refractivity contribution in [2.24, 2.45) is 0 Å². The monoisotopic (exact) mass is 422 g/mol. The van der Waals surface area contributed by atoms with Gasteiger partial charge in [0, 0.05) is 55.3 Å². The molecule has 0 spiro atoms. The van der Waals surface area contributed by atoms with Gasteiger partial charge in [0.25, 0.3) is 5.91 Å². The van der Waals surface area contributed by atoms with Crippen molar-refractivity contribution in [3.05, 3.63) is 88.0 Å². The molecule has 1 aliphatic rings. The highest BCUT2D eigenvalue weighted by Gasteiger charge is 2.25. The van der Waals surface area contributed by atoms with E-state index in [1.807, 2.05) is 54.3 Å². The van der Waals surface area contributed by atoms with Gasteiger partial charge in [-0.05, 0) is 49.7 Å². The predicted octanol–water partition coefficient (Wildman–Crippen LogP) is 4.16. The third-order valence-corrected chi connectivity index (χ3v) is 6.04. The van der Waals surface area contributed by atoms with Crippen LogP contribution in [0.25, 0.3) is 0 Å². The number of hydrogen-bond donors (Lipinski definition) is 0. The number of amides is 1. The second-order valence-corrected chi connectivity index (χ2v) is 8.33. The molecular weight excluding hydrogens is 396 g/mol. The van der Waals surface area contributed by atoms with E-state index in [2.05, 4.69) is 27.4 Å². The number of rotatable bonds is 5. The molecule has 0 atom stereocenters. The van der Waals surface area contributed by atoms with Crippen LogP contribution >= 0.6 is 11.6 Å². The number of benzene rings is 1. The molecule has 156 valence electrons. The molecule has 6 heteroatoms. The van der Waals surface area contributed by atoms with E-state index in [-0.39, 0.29) is 5.91 Å². The Kier molecular flexibility index (Phi) is 6.21. The van der Waals surface area contributed by atoms with Gasteiger partial charge in [0.15, 0.2) is 0 Å². The van der Waals surface area contributed by atoms with Gasteiger partial charge in [0.2, 0.25) is 0 Å². The second-order valence-electron chi connectivity index (χ2n) is 7.89. The van der Waals surface area contributed by atoms with E-state index in [1.165, 1.54) is 5.56 Å². The summed E-state index contributed by atoms with van der Waals surface area (Å²) in [7, 11) is 0. The molecule has 4 rings (SSSR count). The maximum Gasteiger partial charge on any atom is 0.255 e. The summed E-state index contributed by atoms with van der Waals surface area (Å²) in [5, 5.41) is 0.766. The Balaban J connectivity index is 1.40. The van der Waals surface area contributed by atoms with Gasteiger partial charge >= 0.3 is 0 Å². The van der Waals surface area contributed by atoms with Crippen LogP contribution in [0.1, 0.15) is 33.0 Å². The zero-order chi connectivity index (χ0) is 21.1. The summed E-state index contributed by atoms with van der Waals surface area (Å²) in [4.78, 5) is 22.0. The van der Waals surface area contributed by atoms with Crippen LogP contribution in [-0.4, -0.2) is 51.4 Å². The molecule has 1 fully saturated rings. The fraction of sp³-hybridized carbons (Fsp3) is 0.333. The van der Waals surface area contributed by atoms with Gasteiger partial charge in [0.05, 0.1) is 17.8 Å². The number of halogens is 1. The molecule has 0 bridgehead atoms. The summed E-state index contributed by atoms with van der Waals surface area (Å²) in [6, 6.07) is 15.9. The number of hydrogen-bond acceptors (Lipinski definition) is 3. The van der Waals surface area contributed by atoms with Crippen molar-refractivity contribution < 1.29 is 4.79 Å². The normalized spacial score (nSPS) is 14.8. The molecular formula is C24H27ClN4O. The lowest BCUT2D eigenvalue weighted by Gasteiger charge is -2.34. The Hall–Kier alpha value is -2.63. The Morgan fingerprint density at radius 1 is 1.00 bits per heavy atom. The van der Waals surface area contributed by atoms with Crippen LogP contribution in [0.2, 0.25) is 5.02 Å². The molecule has 0 N–H and O–H groups in total. The third kappa shape index (κ3) is 4.58. The van der Waals surface area contributed by atoms with E-state index >= 15 is 0 Å². The van der Waals surface area contributed by atoms with Crippen LogP contribution in [-0.2, 0) is 13.1 Å². The zero-order valence-corrected chi connectivity index (χ0v) is 18.3. The van der Waals surface area contributed by atoms with Gasteiger partial charge in [-0.1, -0.05) is 29.8 Å². The number of aromatic nitrogens is 2. The Labute approximate surface area is 182 Å². The lowest BCUT2D eigenvalue weighted by Crippen LogP contribution is -2.48. The van der Waals surface area contributed by atoms with Crippen molar-refractivity contribution in [2.45, 2.75) is 26.9 Å². The largest absolute Gasteiger partial charge is 0.342 e. The molecule has 3 heterocycles. The predicted molar refractivity (Wildman–Crippen MR) is 120 cm³/mol. The van der Waals surface area contributed by atoms with E-state index in [0.29, 0.717) is 6.54 Å². The van der Waals surface area contributed by atoms with E-state index < -0.39 is 0 Å². The maximum absolute atomic E-state index is 13.2. The van der Waals surface area contributed by atoms with Gasteiger partial charge in [-0.2, -0.15) is 0 Å². The van der Waals surface area contributed by atoms with E-state index in [4.69, 9.17) is 11.6 Å². The van der Waals surface area contributed by atoms with Crippen molar-refractivity contribution in [3.63, 3.8) is 0 Å². The molecule has 3 aromatic rings. The Morgan fingerprint density at radius 3 is 2.50 bits per heavy atom. The molecule has 1 saturated heterocycles. The number of carbonyl (C=O) groups excluding carboxylic acids is 1. The summed E-state index contributed by atoms with van der Waals surface area (Å²) in [6.07, 6.45) is 1.80. The highest BCUT2D eigenvalue weighted by atomic mass is 35.5. The molecule has 0 radical (unpaired) electrons. The SMILES string of the molecule is Cc1cc(C(=O)N2CCN(Cc3cccc(Cl)c3)CC2)c(C)n1Cc1ccccn1. The molecule has 1 aliphatic heterocycles. The van der Waals surface area contributed by atoms with Gasteiger partial charge in [-0.25, -0.2) is 0 Å². The molecule has 30 heavy (non-hydrogen) atoms. The van der Waals surface area contributed by atoms with Crippen molar-refractivity contribution in [1.29, 1.82) is 0 Å².